The topological polar surface area (TPSA) is 57.5 Å². The molecule has 166 valence electrons. The molecule has 30 heavy (non-hydrogen) atoms. The molecule has 2 heterocycles. The van der Waals surface area contributed by atoms with E-state index < -0.39 is 0 Å². The molecule has 1 atom stereocenters. The van der Waals surface area contributed by atoms with Crippen LogP contribution in [0.5, 0.6) is 0 Å². The summed E-state index contributed by atoms with van der Waals surface area (Å²) >= 11 is 0. The van der Waals surface area contributed by atoms with Gasteiger partial charge in [-0.2, -0.15) is 0 Å². The predicted octanol–water partition coefficient (Wildman–Crippen LogP) is 3.87. The van der Waals surface area contributed by atoms with Crippen LogP contribution in [0.25, 0.3) is 0 Å². The van der Waals surface area contributed by atoms with Gasteiger partial charge in [0.15, 0.2) is 5.96 Å². The predicted molar refractivity (Wildman–Crippen MR) is 136 cm³/mol. The molecule has 6 nitrogen and oxygen atoms in total. The van der Waals surface area contributed by atoms with Crippen LogP contribution in [0.15, 0.2) is 48.0 Å². The molecule has 7 heteroatoms. The van der Waals surface area contributed by atoms with Gasteiger partial charge < -0.3 is 20.1 Å². The number of imidazole rings is 1. The maximum absolute atomic E-state index is 4.78. The highest BCUT2D eigenvalue weighted by atomic mass is 127. The third-order valence-electron chi connectivity index (χ3n) is 5.53. The van der Waals surface area contributed by atoms with Crippen molar-refractivity contribution in [2.24, 2.45) is 4.99 Å². The molecular formula is C23H37IN6. The summed E-state index contributed by atoms with van der Waals surface area (Å²) < 4.78 is 2.08. The minimum atomic E-state index is 0. The summed E-state index contributed by atoms with van der Waals surface area (Å²) in [4.78, 5) is 11.5. The van der Waals surface area contributed by atoms with Crippen molar-refractivity contribution in [3.63, 3.8) is 0 Å². The molecule has 2 N–H and O–H groups in total. The van der Waals surface area contributed by atoms with Crippen LogP contribution in [0.2, 0.25) is 0 Å². The van der Waals surface area contributed by atoms with E-state index in [2.05, 4.69) is 63.2 Å². The molecule has 1 saturated heterocycles. The Labute approximate surface area is 198 Å². The number of hydrogen-bond donors (Lipinski definition) is 2. The lowest BCUT2D eigenvalue weighted by Gasteiger charge is -2.33. The summed E-state index contributed by atoms with van der Waals surface area (Å²) in [5.41, 5.74) is 2.49. The van der Waals surface area contributed by atoms with Crippen LogP contribution in [0.4, 0.5) is 0 Å². The van der Waals surface area contributed by atoms with Crippen LogP contribution in [0.1, 0.15) is 50.7 Å². The normalized spacial score (nSPS) is 17.4. The summed E-state index contributed by atoms with van der Waals surface area (Å²) in [7, 11) is 0. The molecular weight excluding hydrogens is 487 g/mol. The van der Waals surface area contributed by atoms with Crippen molar-refractivity contribution in [2.75, 3.05) is 26.2 Å². The summed E-state index contributed by atoms with van der Waals surface area (Å²) in [6.07, 6.45) is 10.9. The van der Waals surface area contributed by atoms with Crippen LogP contribution in [0, 0.1) is 0 Å². The molecule has 1 aliphatic rings. The number of benzene rings is 1. The quantitative estimate of drug-likeness (QED) is 0.226. The zero-order chi connectivity index (χ0) is 20.3. The fourth-order valence-electron chi connectivity index (χ4n) is 3.91. The SMILES string of the molecule is CCNC(=NCc1cccc(Cn2ccnc2)c1)NCCCN1CCCCC1C.I. The second-order valence-electron chi connectivity index (χ2n) is 7.91. The lowest BCUT2D eigenvalue weighted by atomic mass is 10.0. The van der Waals surface area contributed by atoms with Crippen molar-refractivity contribution in [2.45, 2.75) is 58.7 Å². The zero-order valence-corrected chi connectivity index (χ0v) is 20.7. The van der Waals surface area contributed by atoms with E-state index in [-0.39, 0.29) is 24.0 Å². The number of guanidine groups is 1. The number of nitrogens with zero attached hydrogens (tertiary/aromatic N) is 4. The van der Waals surface area contributed by atoms with Gasteiger partial charge in [-0.25, -0.2) is 9.98 Å². The molecule has 3 rings (SSSR count). The largest absolute Gasteiger partial charge is 0.357 e. The lowest BCUT2D eigenvalue weighted by molar-refractivity contribution is 0.159. The van der Waals surface area contributed by atoms with E-state index in [1.54, 1.807) is 0 Å². The Balaban J connectivity index is 0.00000320. The summed E-state index contributed by atoms with van der Waals surface area (Å²) in [5, 5.41) is 6.86. The fraction of sp³-hybridized carbons (Fsp3) is 0.565. The molecule has 1 aromatic heterocycles. The first-order valence-corrected chi connectivity index (χ1v) is 11.0. The highest BCUT2D eigenvalue weighted by Crippen LogP contribution is 2.16. The van der Waals surface area contributed by atoms with Gasteiger partial charge in [0.2, 0.25) is 0 Å². The average molecular weight is 524 g/mol. The van der Waals surface area contributed by atoms with E-state index in [0.29, 0.717) is 6.54 Å². The second kappa shape index (κ2) is 13.6. The van der Waals surface area contributed by atoms with Gasteiger partial charge in [-0.05, 0) is 50.8 Å². The van der Waals surface area contributed by atoms with Gasteiger partial charge in [0.25, 0.3) is 0 Å². The van der Waals surface area contributed by atoms with Crippen LogP contribution in [0.3, 0.4) is 0 Å². The summed E-state index contributed by atoms with van der Waals surface area (Å²) in [6.45, 7) is 10.2. The highest BCUT2D eigenvalue weighted by Gasteiger charge is 2.17. The number of hydrogen-bond acceptors (Lipinski definition) is 3. The number of rotatable bonds is 9. The van der Waals surface area contributed by atoms with Crippen molar-refractivity contribution in [3.05, 3.63) is 54.1 Å². The van der Waals surface area contributed by atoms with Crippen LogP contribution in [-0.2, 0) is 13.1 Å². The van der Waals surface area contributed by atoms with Gasteiger partial charge >= 0.3 is 0 Å². The minimum absolute atomic E-state index is 0. The third-order valence-corrected chi connectivity index (χ3v) is 5.53. The number of likely N-dealkylation sites (tertiary alicyclic amines) is 1. The number of nitrogens with one attached hydrogen (secondary N) is 2. The van der Waals surface area contributed by atoms with Crippen molar-refractivity contribution >= 4 is 29.9 Å². The van der Waals surface area contributed by atoms with Gasteiger partial charge in [-0.15, -0.1) is 24.0 Å². The van der Waals surface area contributed by atoms with E-state index in [4.69, 9.17) is 4.99 Å². The van der Waals surface area contributed by atoms with Crippen molar-refractivity contribution in [1.82, 2.24) is 25.1 Å². The highest BCUT2D eigenvalue weighted by molar-refractivity contribution is 14.0. The summed E-state index contributed by atoms with van der Waals surface area (Å²) in [6, 6.07) is 9.36. The molecule has 1 aliphatic heterocycles. The number of piperidine rings is 1. The first kappa shape index (κ1) is 24.7. The van der Waals surface area contributed by atoms with Crippen molar-refractivity contribution in [1.29, 1.82) is 0 Å². The first-order valence-electron chi connectivity index (χ1n) is 11.0. The Morgan fingerprint density at radius 1 is 1.23 bits per heavy atom. The Hall–Kier alpha value is -1.61. The Morgan fingerprint density at radius 2 is 2.10 bits per heavy atom. The van der Waals surface area contributed by atoms with Crippen LogP contribution in [-0.4, -0.2) is 52.6 Å². The minimum Gasteiger partial charge on any atom is -0.357 e. The van der Waals surface area contributed by atoms with Crippen molar-refractivity contribution in [3.8, 4) is 0 Å². The molecule has 2 aromatic rings. The van der Waals surface area contributed by atoms with Crippen molar-refractivity contribution < 1.29 is 0 Å². The monoisotopic (exact) mass is 524 g/mol. The van der Waals surface area contributed by atoms with Crippen LogP contribution >= 0.6 is 24.0 Å². The van der Waals surface area contributed by atoms with Gasteiger partial charge in [0, 0.05) is 44.6 Å². The zero-order valence-electron chi connectivity index (χ0n) is 18.4. The van der Waals surface area contributed by atoms with Crippen LogP contribution < -0.4 is 10.6 Å². The van der Waals surface area contributed by atoms with E-state index in [9.17, 15) is 0 Å². The van der Waals surface area contributed by atoms with E-state index in [0.717, 1.165) is 38.1 Å². The van der Waals surface area contributed by atoms with Gasteiger partial charge in [-0.1, -0.05) is 30.7 Å². The van der Waals surface area contributed by atoms with E-state index in [1.807, 2.05) is 18.7 Å². The van der Waals surface area contributed by atoms with Gasteiger partial charge in [0.1, 0.15) is 0 Å². The van der Waals surface area contributed by atoms with Gasteiger partial charge in [-0.3, -0.25) is 0 Å². The molecule has 0 bridgehead atoms. The smallest absolute Gasteiger partial charge is 0.191 e. The van der Waals surface area contributed by atoms with Gasteiger partial charge in [0.05, 0.1) is 12.9 Å². The standard InChI is InChI=1S/C23H36N6.HI/c1-3-25-23(26-11-7-14-29-13-5-4-8-20(29)2)27-17-21-9-6-10-22(16-21)18-28-15-12-24-19-28;/h6,9-10,12,15-16,19-20H,3-5,7-8,11,13-14,17-18H2,1-2H3,(H2,25,26,27);1H. The Bertz CT molecular complexity index is 746. The summed E-state index contributed by atoms with van der Waals surface area (Å²) in [5.74, 6) is 0.902. The number of aromatic nitrogens is 2. The molecule has 0 amide bonds. The number of halogens is 1. The fourth-order valence-corrected chi connectivity index (χ4v) is 3.91. The molecule has 0 radical (unpaired) electrons. The molecule has 0 saturated carbocycles. The maximum Gasteiger partial charge on any atom is 0.191 e. The number of aliphatic imine (C=N–C) groups is 1. The first-order chi connectivity index (χ1) is 14.2. The molecule has 1 unspecified atom stereocenters. The van der Waals surface area contributed by atoms with E-state index in [1.165, 1.54) is 43.5 Å². The molecule has 0 spiro atoms. The Morgan fingerprint density at radius 3 is 2.87 bits per heavy atom. The Kier molecular flexibility index (Phi) is 11.2. The maximum atomic E-state index is 4.78. The third kappa shape index (κ3) is 8.26. The average Bonchev–Trinajstić information content (AvgIpc) is 3.24. The van der Waals surface area contributed by atoms with E-state index >= 15 is 0 Å². The molecule has 1 aromatic carbocycles. The molecule has 0 aliphatic carbocycles. The lowest BCUT2D eigenvalue weighted by Crippen LogP contribution is -2.41. The molecule has 1 fully saturated rings. The second-order valence-corrected chi connectivity index (χ2v) is 7.91.